The molecule has 0 aromatic rings. The molecular formula is CH3I6-. The van der Waals surface area contributed by atoms with Gasteiger partial charge in [-0.3, -0.25) is 0 Å². The van der Waals surface area contributed by atoms with Crippen molar-refractivity contribution in [2.24, 2.45) is 0 Å². The molecule has 0 saturated heterocycles. The molecule has 0 amide bonds. The van der Waals surface area contributed by atoms with Gasteiger partial charge in [0.2, 0.25) is 0 Å². The van der Waals surface area contributed by atoms with Crippen LogP contribution in [0.2, 0.25) is 0 Å². The maximum absolute atomic E-state index is 2.76. The van der Waals surface area contributed by atoms with Crippen LogP contribution in [0.3, 0.4) is 0 Å². The molecule has 0 atom stereocenters. The molecule has 0 heterocycles. The van der Waals surface area contributed by atoms with Crippen molar-refractivity contribution >= 4 is 71.6 Å². The van der Waals surface area contributed by atoms with Crippen molar-refractivity contribution in [1.82, 2.24) is 0 Å². The quantitative estimate of drug-likeness (QED) is 0.296. The van der Waals surface area contributed by atoms with Crippen molar-refractivity contribution < 1.29 is 17.2 Å². The first kappa shape index (κ1) is 11.4. The third kappa shape index (κ3) is 6.77. The summed E-state index contributed by atoms with van der Waals surface area (Å²) < 4.78 is 0. The van der Waals surface area contributed by atoms with E-state index in [0.717, 1.165) is 0 Å². The molecule has 7 heavy (non-hydrogen) atoms. The molecular weight excluding hydrogens is 773 g/mol. The first-order valence-corrected chi connectivity index (χ1v) is 34.7. The molecule has 0 aliphatic rings. The van der Waals surface area contributed by atoms with Crippen molar-refractivity contribution in [2.75, 3.05) is 4.93 Å². The van der Waals surface area contributed by atoms with Crippen LogP contribution in [0.4, 0.5) is 0 Å². The fourth-order valence-electron chi connectivity index (χ4n) is 0.0408. The van der Waals surface area contributed by atoms with E-state index < -0.39 is 0 Å². The molecule has 0 fully saturated rings. The van der Waals surface area contributed by atoms with Crippen LogP contribution in [0.1, 0.15) is 0 Å². The molecule has 0 bridgehead atoms. The summed E-state index contributed by atoms with van der Waals surface area (Å²) in [5.74, 6) is 0. The predicted molar refractivity (Wildman–Crippen MR) is 76.0 cm³/mol. The molecule has 0 radical (unpaired) electrons. The molecule has 0 N–H and O–H groups in total. The second-order valence-corrected chi connectivity index (χ2v) is 104. The molecule has 0 nitrogen and oxygen atoms in total. The van der Waals surface area contributed by atoms with E-state index in [1.807, 2.05) is 0 Å². The SMILES string of the molecule is C[I-]I(I)I(I)I. The number of alkyl halides is 1. The Morgan fingerprint density at radius 3 is 1.71 bits per heavy atom. The standard InChI is InChI=1S/CH3I6/c1-5-7(4)6(2)3/h1H3/q-1. The average Bonchev–Trinajstić information content (AvgIpc) is 1.65. The molecule has 0 aliphatic heterocycles. The van der Waals surface area contributed by atoms with Crippen LogP contribution >= 0.6 is 71.6 Å². The molecule has 50 valence electrons. The van der Waals surface area contributed by atoms with Gasteiger partial charge in [0, 0.05) is 0 Å². The summed E-state index contributed by atoms with van der Waals surface area (Å²) >= 11 is 8.86. The molecule has 6 heteroatoms. The third-order valence-electron chi connectivity index (χ3n) is 0.190. The number of hydrogen-bond donors (Lipinski definition) is 0. The van der Waals surface area contributed by atoms with Crippen LogP contribution in [0.25, 0.3) is 0 Å². The van der Waals surface area contributed by atoms with Crippen molar-refractivity contribution in [3.8, 4) is 0 Å². The van der Waals surface area contributed by atoms with E-state index >= 15 is 0 Å². The summed E-state index contributed by atoms with van der Waals surface area (Å²) in [6.07, 6.45) is 0. The molecule has 0 rings (SSSR count). The summed E-state index contributed by atoms with van der Waals surface area (Å²) in [6, 6.07) is 0. The second kappa shape index (κ2) is 7.05. The molecule has 0 aromatic carbocycles. The summed E-state index contributed by atoms with van der Waals surface area (Å²) in [5.41, 5.74) is 0. The van der Waals surface area contributed by atoms with E-state index in [0.29, 0.717) is 17.2 Å². The summed E-state index contributed by atoms with van der Waals surface area (Å²) in [5, 5.41) is 0. The Morgan fingerprint density at radius 2 is 1.71 bits per heavy atom. The van der Waals surface area contributed by atoms with E-state index in [1.165, 1.54) is 0 Å². The van der Waals surface area contributed by atoms with Gasteiger partial charge in [-0.15, -0.1) is 0 Å². The van der Waals surface area contributed by atoms with E-state index in [4.69, 9.17) is 0 Å². The zero-order chi connectivity index (χ0) is 5.86. The zero-order valence-electron chi connectivity index (χ0n) is 3.27. The van der Waals surface area contributed by atoms with Crippen LogP contribution in [-0.2, 0) is 0 Å². The third-order valence-corrected chi connectivity index (χ3v) is 198. The van der Waals surface area contributed by atoms with Crippen LogP contribution in [-0.4, -0.2) is 4.93 Å². The first-order valence-electron chi connectivity index (χ1n) is 1.09. The Bertz CT molecular complexity index is 41.4. The summed E-state index contributed by atoms with van der Waals surface area (Å²) in [7, 11) is -0.470. The fraction of sp³-hybridized carbons (Fsp3) is 1.00. The van der Waals surface area contributed by atoms with E-state index in [1.54, 1.807) is 0 Å². The summed E-state index contributed by atoms with van der Waals surface area (Å²) in [6.45, 7) is 0. The predicted octanol–water partition coefficient (Wildman–Crippen LogP) is 1.60. The molecule has 0 spiro atoms. The Balaban J connectivity index is 3.14. The van der Waals surface area contributed by atoms with Crippen LogP contribution in [0, 0.1) is 0 Å². The maximum atomic E-state index is 2.76. The molecule has 0 aromatic heterocycles. The summed E-state index contributed by atoms with van der Waals surface area (Å²) in [4.78, 5) is 2.44. The van der Waals surface area contributed by atoms with Gasteiger partial charge in [0.15, 0.2) is 0 Å². The molecule has 0 saturated carbocycles. The number of halogens is 6. The van der Waals surface area contributed by atoms with Gasteiger partial charge in [-0.1, -0.05) is 0 Å². The Morgan fingerprint density at radius 1 is 1.29 bits per heavy atom. The van der Waals surface area contributed by atoms with Crippen LogP contribution in [0.15, 0.2) is 0 Å². The monoisotopic (exact) mass is 776 g/mol. The normalized spacial score (nSPS) is 14.3. The number of hydrogen-bond acceptors (Lipinski definition) is 0. The molecule has 0 aliphatic carbocycles. The van der Waals surface area contributed by atoms with Crippen molar-refractivity contribution in [2.45, 2.75) is 0 Å². The minimum absolute atomic E-state index is 0.193. The number of rotatable bonds is 2. The first-order chi connectivity index (χ1) is 3.18. The van der Waals surface area contributed by atoms with E-state index in [2.05, 4.69) is 60.8 Å². The van der Waals surface area contributed by atoms with Gasteiger partial charge in [-0.2, -0.15) is 0 Å². The van der Waals surface area contributed by atoms with Gasteiger partial charge in [0.25, 0.3) is 0 Å². The van der Waals surface area contributed by atoms with Crippen molar-refractivity contribution in [3.05, 3.63) is 0 Å². The van der Waals surface area contributed by atoms with Gasteiger partial charge in [0.1, 0.15) is 0 Å². The van der Waals surface area contributed by atoms with Gasteiger partial charge in [0.05, 0.1) is 0 Å². The Labute approximate surface area is 90.1 Å². The Kier molecular flexibility index (Phi) is 11.5. The minimum atomic E-state index is -0.277. The van der Waals surface area contributed by atoms with Crippen molar-refractivity contribution in [3.63, 3.8) is 0 Å². The fourth-order valence-corrected chi connectivity index (χ4v) is 82.7. The van der Waals surface area contributed by atoms with Crippen LogP contribution in [0.5, 0.6) is 0 Å². The van der Waals surface area contributed by atoms with Crippen LogP contribution < -0.4 is 17.2 Å². The average molecular weight is 776 g/mol. The van der Waals surface area contributed by atoms with Crippen molar-refractivity contribution in [1.29, 1.82) is 0 Å². The Hall–Kier alpha value is 4.38. The van der Waals surface area contributed by atoms with Gasteiger partial charge < -0.3 is 0 Å². The topological polar surface area (TPSA) is 0 Å². The van der Waals surface area contributed by atoms with Gasteiger partial charge in [-0.25, -0.2) is 0 Å². The molecule has 0 unspecified atom stereocenters. The van der Waals surface area contributed by atoms with Gasteiger partial charge in [-0.05, 0) is 0 Å². The van der Waals surface area contributed by atoms with E-state index in [9.17, 15) is 0 Å². The van der Waals surface area contributed by atoms with E-state index in [-0.39, 0.29) is 15.8 Å². The second-order valence-electron chi connectivity index (χ2n) is 0.467. The van der Waals surface area contributed by atoms with Gasteiger partial charge >= 0.3 is 93.8 Å². The zero-order valence-corrected chi connectivity index (χ0v) is 16.2.